The highest BCUT2D eigenvalue weighted by atomic mass is 19.1. The molecule has 0 bridgehead atoms. The van der Waals surface area contributed by atoms with Gasteiger partial charge in [0.25, 0.3) is 11.5 Å². The molecule has 0 saturated heterocycles. The van der Waals surface area contributed by atoms with Crippen molar-refractivity contribution in [2.45, 2.75) is 13.5 Å². The van der Waals surface area contributed by atoms with Crippen molar-refractivity contribution < 1.29 is 18.7 Å². The first-order valence-corrected chi connectivity index (χ1v) is 8.87. The maximum absolute atomic E-state index is 13.3. The van der Waals surface area contributed by atoms with E-state index in [4.69, 9.17) is 4.74 Å². The van der Waals surface area contributed by atoms with Gasteiger partial charge >= 0.3 is 5.97 Å². The van der Waals surface area contributed by atoms with Crippen LogP contribution in [0, 0.1) is 5.82 Å². The van der Waals surface area contributed by atoms with Crippen LogP contribution in [0.1, 0.15) is 33.3 Å². The fourth-order valence-corrected chi connectivity index (χ4v) is 2.59. The molecule has 29 heavy (non-hydrogen) atoms. The summed E-state index contributed by atoms with van der Waals surface area (Å²) in [6, 6.07) is 14.5. The Bertz CT molecular complexity index is 1090. The summed E-state index contributed by atoms with van der Waals surface area (Å²) in [6.07, 6.45) is 0. The molecule has 1 aromatic heterocycles. The Morgan fingerprint density at radius 1 is 1.10 bits per heavy atom. The van der Waals surface area contributed by atoms with Crippen LogP contribution in [0.5, 0.6) is 0 Å². The van der Waals surface area contributed by atoms with Gasteiger partial charge in [0, 0.05) is 11.8 Å². The van der Waals surface area contributed by atoms with Crippen molar-refractivity contribution >= 4 is 17.6 Å². The summed E-state index contributed by atoms with van der Waals surface area (Å²) in [6.45, 7) is 2.02. The summed E-state index contributed by atoms with van der Waals surface area (Å²) in [5.41, 5.74) is 0.978. The van der Waals surface area contributed by atoms with E-state index in [0.29, 0.717) is 16.8 Å². The first-order valence-electron chi connectivity index (χ1n) is 8.87. The van der Waals surface area contributed by atoms with Crippen LogP contribution < -0.4 is 10.9 Å². The average molecular weight is 395 g/mol. The number of rotatable bonds is 6. The molecule has 0 aliphatic rings. The lowest BCUT2D eigenvalue weighted by atomic mass is 10.2. The molecule has 3 aromatic rings. The van der Waals surface area contributed by atoms with Crippen LogP contribution in [0.25, 0.3) is 0 Å². The standard InChI is InChI=1S/C21H18FN3O4/c1-2-29-21(28)15-6-8-17(9-7-15)23-20(27)18-10-11-19(26)25(24-18)13-14-4-3-5-16(22)12-14/h3-12H,2,13H2,1H3,(H,23,27). The fraction of sp³-hybridized carbons (Fsp3) is 0.143. The van der Waals surface area contributed by atoms with Gasteiger partial charge in [-0.1, -0.05) is 12.1 Å². The van der Waals surface area contributed by atoms with E-state index in [1.165, 1.54) is 42.5 Å². The van der Waals surface area contributed by atoms with Crippen molar-refractivity contribution in [3.8, 4) is 0 Å². The van der Waals surface area contributed by atoms with Crippen LogP contribution in [-0.4, -0.2) is 28.3 Å². The lowest BCUT2D eigenvalue weighted by Gasteiger charge is -2.09. The third-order valence-corrected chi connectivity index (χ3v) is 3.97. The Balaban J connectivity index is 1.74. The molecule has 1 heterocycles. The van der Waals surface area contributed by atoms with E-state index in [0.717, 1.165) is 4.68 Å². The predicted octanol–water partition coefficient (Wildman–Crippen LogP) is 2.86. The van der Waals surface area contributed by atoms with Crippen molar-refractivity contribution in [1.82, 2.24) is 9.78 Å². The van der Waals surface area contributed by atoms with Gasteiger partial charge in [-0.25, -0.2) is 13.9 Å². The normalized spacial score (nSPS) is 10.4. The number of esters is 1. The van der Waals surface area contributed by atoms with Crippen molar-refractivity contribution in [2.75, 3.05) is 11.9 Å². The van der Waals surface area contributed by atoms with Crippen LogP contribution in [0.15, 0.2) is 65.5 Å². The largest absolute Gasteiger partial charge is 0.462 e. The molecule has 0 fully saturated rings. The maximum Gasteiger partial charge on any atom is 0.338 e. The lowest BCUT2D eigenvalue weighted by molar-refractivity contribution is 0.0526. The van der Waals surface area contributed by atoms with Crippen molar-refractivity contribution in [1.29, 1.82) is 0 Å². The van der Waals surface area contributed by atoms with Crippen LogP contribution in [0.2, 0.25) is 0 Å². The van der Waals surface area contributed by atoms with Crippen LogP contribution in [0.3, 0.4) is 0 Å². The molecule has 0 spiro atoms. The van der Waals surface area contributed by atoms with Gasteiger partial charge in [-0.2, -0.15) is 5.10 Å². The van der Waals surface area contributed by atoms with Crippen LogP contribution >= 0.6 is 0 Å². The van der Waals surface area contributed by atoms with Gasteiger partial charge in [0.05, 0.1) is 18.7 Å². The van der Waals surface area contributed by atoms with Gasteiger partial charge in [0.1, 0.15) is 11.5 Å². The third kappa shape index (κ3) is 5.13. The molecule has 8 heteroatoms. The van der Waals surface area contributed by atoms with Crippen molar-refractivity contribution in [2.24, 2.45) is 0 Å². The van der Waals surface area contributed by atoms with Gasteiger partial charge in [-0.15, -0.1) is 0 Å². The molecule has 148 valence electrons. The molecule has 1 N–H and O–H groups in total. The Kier molecular flexibility index (Phi) is 6.13. The van der Waals surface area contributed by atoms with Crippen molar-refractivity contribution in [3.05, 3.63) is 93.7 Å². The Labute approximate surface area is 165 Å². The molecule has 7 nitrogen and oxygen atoms in total. The number of ether oxygens (including phenoxy) is 1. The minimum atomic E-state index is -0.526. The smallest absolute Gasteiger partial charge is 0.338 e. The molecule has 1 amide bonds. The lowest BCUT2D eigenvalue weighted by Crippen LogP contribution is -2.26. The predicted molar refractivity (Wildman–Crippen MR) is 104 cm³/mol. The van der Waals surface area contributed by atoms with E-state index in [1.807, 2.05) is 0 Å². The molecular weight excluding hydrogens is 377 g/mol. The van der Waals surface area contributed by atoms with E-state index in [-0.39, 0.29) is 18.8 Å². The van der Waals surface area contributed by atoms with Gasteiger partial charge < -0.3 is 10.1 Å². The van der Waals surface area contributed by atoms with Gasteiger partial charge in [0.2, 0.25) is 0 Å². The van der Waals surface area contributed by atoms with Gasteiger partial charge in [-0.3, -0.25) is 9.59 Å². The summed E-state index contributed by atoms with van der Waals surface area (Å²) in [5, 5.41) is 6.71. The quantitative estimate of drug-likeness (QED) is 0.648. The van der Waals surface area contributed by atoms with E-state index in [2.05, 4.69) is 10.4 Å². The number of halogens is 1. The highest BCUT2D eigenvalue weighted by molar-refractivity contribution is 6.03. The van der Waals surface area contributed by atoms with E-state index < -0.39 is 23.3 Å². The number of benzene rings is 2. The first-order chi connectivity index (χ1) is 14.0. The molecule has 2 aromatic carbocycles. The van der Waals surface area contributed by atoms with E-state index in [9.17, 15) is 18.8 Å². The highest BCUT2D eigenvalue weighted by Crippen LogP contribution is 2.12. The number of hydrogen-bond donors (Lipinski definition) is 1. The molecular formula is C21H18FN3O4. The summed E-state index contributed by atoms with van der Waals surface area (Å²) >= 11 is 0. The Morgan fingerprint density at radius 2 is 1.86 bits per heavy atom. The van der Waals surface area contributed by atoms with Crippen LogP contribution in [0.4, 0.5) is 10.1 Å². The second-order valence-electron chi connectivity index (χ2n) is 6.10. The molecule has 0 saturated carbocycles. The second kappa shape index (κ2) is 8.92. The van der Waals surface area contributed by atoms with Crippen LogP contribution in [-0.2, 0) is 11.3 Å². The molecule has 0 unspecified atom stereocenters. The summed E-state index contributed by atoms with van der Waals surface area (Å²) in [5.74, 6) is -1.39. The molecule has 3 rings (SSSR count). The monoisotopic (exact) mass is 395 g/mol. The number of hydrogen-bond acceptors (Lipinski definition) is 5. The zero-order chi connectivity index (χ0) is 20.8. The SMILES string of the molecule is CCOC(=O)c1ccc(NC(=O)c2ccc(=O)n(Cc3cccc(F)c3)n2)cc1. The molecule has 0 aliphatic carbocycles. The van der Waals surface area contributed by atoms with Gasteiger partial charge in [0.15, 0.2) is 0 Å². The number of amides is 1. The van der Waals surface area contributed by atoms with E-state index >= 15 is 0 Å². The Morgan fingerprint density at radius 3 is 2.55 bits per heavy atom. The minimum absolute atomic E-state index is 0.0236. The topological polar surface area (TPSA) is 90.3 Å². The summed E-state index contributed by atoms with van der Waals surface area (Å²) in [7, 11) is 0. The number of nitrogens with zero attached hydrogens (tertiary/aromatic N) is 2. The second-order valence-corrected chi connectivity index (χ2v) is 6.10. The number of anilines is 1. The first kappa shape index (κ1) is 19.9. The molecule has 0 aliphatic heterocycles. The number of carbonyl (C=O) groups excluding carboxylic acids is 2. The highest BCUT2D eigenvalue weighted by Gasteiger charge is 2.12. The zero-order valence-corrected chi connectivity index (χ0v) is 15.6. The fourth-order valence-electron chi connectivity index (χ4n) is 2.59. The van der Waals surface area contributed by atoms with Crippen molar-refractivity contribution in [3.63, 3.8) is 0 Å². The average Bonchev–Trinajstić information content (AvgIpc) is 2.70. The summed E-state index contributed by atoms with van der Waals surface area (Å²) < 4.78 is 19.3. The van der Waals surface area contributed by atoms with E-state index in [1.54, 1.807) is 25.1 Å². The Hall–Kier alpha value is -3.81. The maximum atomic E-state index is 13.3. The number of aromatic nitrogens is 2. The minimum Gasteiger partial charge on any atom is -0.462 e. The number of carbonyl (C=O) groups is 2. The molecule has 0 radical (unpaired) electrons. The van der Waals surface area contributed by atoms with Gasteiger partial charge in [-0.05, 0) is 55.0 Å². The number of nitrogens with one attached hydrogen (secondary N) is 1. The summed E-state index contributed by atoms with van der Waals surface area (Å²) in [4.78, 5) is 36.2. The molecule has 0 atom stereocenters. The zero-order valence-electron chi connectivity index (χ0n) is 15.6. The third-order valence-electron chi connectivity index (χ3n) is 3.97.